The number of urea groups is 1. The van der Waals surface area contributed by atoms with Crippen LogP contribution in [0.2, 0.25) is 0 Å². The predicted octanol–water partition coefficient (Wildman–Crippen LogP) is 5.13. The van der Waals surface area contributed by atoms with Gasteiger partial charge in [0.15, 0.2) is 0 Å². The van der Waals surface area contributed by atoms with E-state index in [0.717, 1.165) is 5.56 Å². The summed E-state index contributed by atoms with van der Waals surface area (Å²) in [7, 11) is 0. The van der Waals surface area contributed by atoms with E-state index in [-0.39, 0.29) is 24.3 Å². The van der Waals surface area contributed by atoms with Crippen LogP contribution in [-0.4, -0.2) is 31.3 Å². The number of rotatable bonds is 5. The average molecular weight is 501 g/mol. The van der Waals surface area contributed by atoms with E-state index in [0.29, 0.717) is 38.1 Å². The number of hydrogen-bond acceptors (Lipinski definition) is 3. The van der Waals surface area contributed by atoms with Crippen molar-refractivity contribution in [1.29, 1.82) is 0 Å². The molecule has 2 heterocycles. The number of carbonyl (C=O) groups excluding carboxylic acids is 1. The Bertz CT molecular complexity index is 1030. The molecule has 1 unspecified atom stereocenters. The second kappa shape index (κ2) is 9.02. The zero-order valence-electron chi connectivity index (χ0n) is 18.8. The summed E-state index contributed by atoms with van der Waals surface area (Å²) in [6, 6.07) is 10.5. The normalized spacial score (nSPS) is 25.9. The van der Waals surface area contributed by atoms with E-state index >= 15 is 0 Å². The number of piperidine rings is 1. The van der Waals surface area contributed by atoms with E-state index in [1.165, 1.54) is 6.92 Å². The van der Waals surface area contributed by atoms with Crippen LogP contribution in [0.4, 0.5) is 31.1 Å². The fourth-order valence-electron chi connectivity index (χ4n) is 4.59. The van der Waals surface area contributed by atoms with Gasteiger partial charge in [0.1, 0.15) is 0 Å². The van der Waals surface area contributed by atoms with Crippen LogP contribution < -0.4 is 16.0 Å². The molecule has 0 bridgehead atoms. The highest BCUT2D eigenvalue weighted by atomic mass is 19.4. The summed E-state index contributed by atoms with van der Waals surface area (Å²) in [6.45, 7) is 2.30. The molecule has 2 amide bonds. The lowest BCUT2D eigenvalue weighted by molar-refractivity contribution is -0.143. The first-order valence-corrected chi connectivity index (χ1v) is 11.1. The molecular formula is C24H25F6N3O2. The van der Waals surface area contributed by atoms with Gasteiger partial charge in [0.05, 0.1) is 34.9 Å². The Labute approximate surface area is 198 Å². The standard InChI is InChI=1S/C24H25F6N3O2/c1-15(16-9-18(23(25,26)27)11-19(10-16)24(28,29)30)35-14-22(17-5-3-2-4-6-17)8-7-21(13-32-22)12-31-20(34)33-21/h2-6,9-11,15,32H,7-8,12-14H2,1H3,(H2,31,33,34)/t15?,21-,22-/m1/s1. The molecule has 2 aromatic carbocycles. The van der Waals surface area contributed by atoms with Crippen LogP contribution in [-0.2, 0) is 22.6 Å². The zero-order chi connectivity index (χ0) is 25.5. The van der Waals surface area contributed by atoms with E-state index in [9.17, 15) is 31.1 Å². The Morgan fingerprint density at radius 2 is 1.57 bits per heavy atom. The van der Waals surface area contributed by atoms with E-state index < -0.39 is 40.7 Å². The summed E-state index contributed by atoms with van der Waals surface area (Å²) < 4.78 is 85.6. The van der Waals surface area contributed by atoms with Crippen LogP contribution in [0.5, 0.6) is 0 Å². The minimum atomic E-state index is -4.93. The van der Waals surface area contributed by atoms with Crippen LogP contribution in [0.3, 0.4) is 0 Å². The van der Waals surface area contributed by atoms with Crippen molar-refractivity contribution in [2.24, 2.45) is 0 Å². The first kappa shape index (κ1) is 25.3. The first-order valence-electron chi connectivity index (χ1n) is 11.1. The van der Waals surface area contributed by atoms with Gasteiger partial charge >= 0.3 is 18.4 Å². The van der Waals surface area contributed by atoms with E-state index in [4.69, 9.17) is 4.74 Å². The van der Waals surface area contributed by atoms with Crippen molar-refractivity contribution in [3.8, 4) is 0 Å². The smallest absolute Gasteiger partial charge is 0.372 e. The maximum absolute atomic E-state index is 13.3. The van der Waals surface area contributed by atoms with Crippen LogP contribution in [0.1, 0.15) is 48.1 Å². The van der Waals surface area contributed by atoms with Gasteiger partial charge in [-0.05, 0) is 49.1 Å². The third-order valence-electron chi connectivity index (χ3n) is 6.75. The molecule has 4 rings (SSSR count). The lowest BCUT2D eigenvalue weighted by atomic mass is 9.76. The van der Waals surface area contributed by atoms with Crippen LogP contribution in [0.15, 0.2) is 48.5 Å². The average Bonchev–Trinajstić information content (AvgIpc) is 3.18. The Kier molecular flexibility index (Phi) is 6.52. The highest BCUT2D eigenvalue weighted by molar-refractivity contribution is 5.77. The number of ether oxygens (including phenoxy) is 1. The summed E-state index contributed by atoms with van der Waals surface area (Å²) in [5.74, 6) is 0. The maximum Gasteiger partial charge on any atom is 0.416 e. The molecule has 35 heavy (non-hydrogen) atoms. The molecule has 2 aliphatic rings. The number of halogens is 6. The quantitative estimate of drug-likeness (QED) is 0.498. The second-order valence-electron chi connectivity index (χ2n) is 9.18. The summed E-state index contributed by atoms with van der Waals surface area (Å²) in [6.07, 6.45) is -9.76. The molecular weight excluding hydrogens is 476 g/mol. The van der Waals surface area contributed by atoms with Crippen LogP contribution in [0.25, 0.3) is 0 Å². The molecule has 0 radical (unpaired) electrons. The van der Waals surface area contributed by atoms with Crippen molar-refractivity contribution >= 4 is 6.03 Å². The van der Waals surface area contributed by atoms with Gasteiger partial charge < -0.3 is 20.7 Å². The molecule has 2 saturated heterocycles. The number of nitrogens with one attached hydrogen (secondary N) is 3. The van der Waals surface area contributed by atoms with E-state index in [1.54, 1.807) is 0 Å². The minimum absolute atomic E-state index is 0.00717. The summed E-state index contributed by atoms with van der Waals surface area (Å²) >= 11 is 0. The molecule has 3 N–H and O–H groups in total. The first-order chi connectivity index (χ1) is 16.3. The molecule has 2 aromatic rings. The Morgan fingerprint density at radius 1 is 0.943 bits per heavy atom. The molecule has 0 saturated carbocycles. The molecule has 2 fully saturated rings. The third kappa shape index (κ3) is 5.40. The Morgan fingerprint density at radius 3 is 2.06 bits per heavy atom. The highest BCUT2D eigenvalue weighted by Gasteiger charge is 2.47. The summed E-state index contributed by atoms with van der Waals surface area (Å²) in [4.78, 5) is 11.7. The monoisotopic (exact) mass is 501 g/mol. The van der Waals surface area contributed by atoms with Crippen molar-refractivity contribution in [2.75, 3.05) is 19.7 Å². The largest absolute Gasteiger partial charge is 0.416 e. The highest BCUT2D eigenvalue weighted by Crippen LogP contribution is 2.39. The van der Waals surface area contributed by atoms with Crippen LogP contribution >= 0.6 is 0 Å². The van der Waals surface area contributed by atoms with Gasteiger partial charge in [-0.3, -0.25) is 0 Å². The number of carbonyl (C=O) groups is 1. The maximum atomic E-state index is 13.3. The van der Waals surface area contributed by atoms with Crippen molar-refractivity contribution in [3.63, 3.8) is 0 Å². The molecule has 190 valence electrons. The Hall–Kier alpha value is -2.79. The lowest BCUT2D eigenvalue weighted by Crippen LogP contribution is -2.63. The van der Waals surface area contributed by atoms with E-state index in [1.807, 2.05) is 30.3 Å². The van der Waals surface area contributed by atoms with Gasteiger partial charge in [-0.15, -0.1) is 0 Å². The van der Waals surface area contributed by atoms with Crippen molar-refractivity contribution in [2.45, 2.75) is 49.3 Å². The zero-order valence-corrected chi connectivity index (χ0v) is 18.8. The van der Waals surface area contributed by atoms with E-state index in [2.05, 4.69) is 16.0 Å². The molecule has 1 spiro atoms. The van der Waals surface area contributed by atoms with Gasteiger partial charge in [-0.25, -0.2) is 4.79 Å². The van der Waals surface area contributed by atoms with Gasteiger partial charge in [0, 0.05) is 13.1 Å². The second-order valence-corrected chi connectivity index (χ2v) is 9.18. The minimum Gasteiger partial charge on any atom is -0.372 e. The molecule has 2 aliphatic heterocycles. The van der Waals surface area contributed by atoms with Crippen molar-refractivity contribution < 1.29 is 35.9 Å². The lowest BCUT2D eigenvalue weighted by Gasteiger charge is -2.46. The van der Waals surface area contributed by atoms with Gasteiger partial charge in [0.25, 0.3) is 0 Å². The Balaban J connectivity index is 1.58. The van der Waals surface area contributed by atoms with Gasteiger partial charge in [-0.1, -0.05) is 30.3 Å². The molecule has 0 aliphatic carbocycles. The molecule has 5 nitrogen and oxygen atoms in total. The number of hydrogen-bond donors (Lipinski definition) is 3. The molecule has 11 heteroatoms. The predicted molar refractivity (Wildman–Crippen MR) is 115 cm³/mol. The summed E-state index contributed by atoms with van der Waals surface area (Å²) in [5, 5.41) is 9.11. The van der Waals surface area contributed by atoms with Crippen molar-refractivity contribution in [1.82, 2.24) is 16.0 Å². The number of amides is 2. The number of benzene rings is 2. The topological polar surface area (TPSA) is 62.4 Å². The third-order valence-corrected chi connectivity index (χ3v) is 6.75. The van der Waals surface area contributed by atoms with Crippen molar-refractivity contribution in [3.05, 3.63) is 70.8 Å². The number of alkyl halides is 6. The fourth-order valence-corrected chi connectivity index (χ4v) is 4.59. The van der Waals surface area contributed by atoms with Gasteiger partial charge in [0.2, 0.25) is 0 Å². The molecule has 3 atom stereocenters. The molecule has 0 aromatic heterocycles. The summed E-state index contributed by atoms with van der Waals surface area (Å²) in [5.41, 5.74) is -3.29. The SMILES string of the molecule is CC(OC[C@@]1(c2ccccc2)CC[C@@]2(CNC(=O)N2)CN1)c1cc(C(F)(F)F)cc(C(F)(F)F)c1. The fraction of sp³-hybridized carbons (Fsp3) is 0.458. The van der Waals surface area contributed by atoms with Gasteiger partial charge in [-0.2, -0.15) is 26.3 Å². The van der Waals surface area contributed by atoms with Crippen LogP contribution in [0, 0.1) is 0 Å².